The molecular formula is C24H37F3N4O7S. The van der Waals surface area contributed by atoms with E-state index in [1.165, 1.54) is 32.6 Å². The molecule has 0 aromatic heterocycles. The third-order valence-electron chi connectivity index (χ3n) is 7.81. The maximum Gasteiger partial charge on any atom is 0.511 e. The summed E-state index contributed by atoms with van der Waals surface area (Å²) in [6.07, 6.45) is 2.59. The number of likely N-dealkylation sites (tertiary alicyclic amines) is 1. The highest BCUT2D eigenvalue weighted by Gasteiger charge is 2.54. The van der Waals surface area contributed by atoms with Crippen LogP contribution in [0.5, 0.6) is 0 Å². The lowest BCUT2D eigenvalue weighted by atomic mass is 9.86. The number of fused-ring (bicyclic) bond motifs is 1. The van der Waals surface area contributed by atoms with Gasteiger partial charge in [-0.05, 0) is 42.9 Å². The van der Waals surface area contributed by atoms with E-state index in [4.69, 9.17) is 4.74 Å². The summed E-state index contributed by atoms with van der Waals surface area (Å²) in [5.41, 5.74) is -6.89. The number of ether oxygens (including phenoxy) is 1. The van der Waals surface area contributed by atoms with Crippen molar-refractivity contribution in [2.24, 2.45) is 23.2 Å². The van der Waals surface area contributed by atoms with Gasteiger partial charge in [0.2, 0.25) is 17.7 Å². The van der Waals surface area contributed by atoms with Crippen molar-refractivity contribution in [3.8, 4) is 0 Å². The Kier molecular flexibility index (Phi) is 9.37. The van der Waals surface area contributed by atoms with E-state index in [2.05, 4.69) is 10.6 Å². The molecule has 11 nitrogen and oxygen atoms in total. The molecule has 2 aliphatic heterocycles. The second-order valence-electron chi connectivity index (χ2n) is 11.6. The molecule has 222 valence electrons. The molecule has 39 heavy (non-hydrogen) atoms. The van der Waals surface area contributed by atoms with Gasteiger partial charge in [0.05, 0.1) is 6.04 Å². The number of alkyl halides is 3. The van der Waals surface area contributed by atoms with E-state index < -0.39 is 62.6 Å². The molecule has 3 rings (SSSR count). The van der Waals surface area contributed by atoms with Crippen LogP contribution in [0.1, 0.15) is 52.9 Å². The Balaban J connectivity index is 1.89. The molecule has 3 N–H and O–H groups in total. The van der Waals surface area contributed by atoms with Gasteiger partial charge in [-0.25, -0.2) is 8.42 Å². The number of carbonyl (C=O) groups excluding carboxylic acids is 4. The fourth-order valence-electron chi connectivity index (χ4n) is 5.78. The van der Waals surface area contributed by atoms with Gasteiger partial charge in [-0.2, -0.15) is 17.9 Å². The van der Waals surface area contributed by atoms with Crippen LogP contribution in [0.4, 0.5) is 13.2 Å². The van der Waals surface area contributed by atoms with E-state index in [1.807, 2.05) is 0 Å². The number of carbonyl (C=O) groups is 4. The van der Waals surface area contributed by atoms with E-state index in [0.717, 1.165) is 11.3 Å². The minimum atomic E-state index is -5.86. The van der Waals surface area contributed by atoms with Crippen LogP contribution in [0.15, 0.2) is 0 Å². The van der Waals surface area contributed by atoms with Crippen LogP contribution in [-0.2, 0) is 33.9 Å². The van der Waals surface area contributed by atoms with E-state index in [-0.39, 0.29) is 37.3 Å². The molecule has 15 heteroatoms. The number of nitrogens with one attached hydrogen (secondary N) is 3. The van der Waals surface area contributed by atoms with Gasteiger partial charge in [-0.1, -0.05) is 27.2 Å². The average Bonchev–Trinajstić information content (AvgIpc) is 3.51. The number of nitrogens with zero attached hydrogens (tertiary/aromatic N) is 1. The predicted octanol–water partition coefficient (Wildman–Crippen LogP) is 0.694. The summed E-state index contributed by atoms with van der Waals surface area (Å²) in [6, 6.07) is -3.99. The van der Waals surface area contributed by atoms with Crippen LogP contribution in [-0.4, -0.2) is 87.3 Å². The highest BCUT2D eigenvalue weighted by atomic mass is 32.2. The fourth-order valence-corrected chi connectivity index (χ4v) is 6.68. The molecule has 3 amide bonds. The maximum absolute atomic E-state index is 13.7. The normalized spacial score (nSPS) is 27.2. The second kappa shape index (κ2) is 11.7. The van der Waals surface area contributed by atoms with Crippen molar-refractivity contribution < 1.29 is 45.5 Å². The summed E-state index contributed by atoms with van der Waals surface area (Å²) in [7, 11) is -4.55. The first-order chi connectivity index (χ1) is 18.0. The summed E-state index contributed by atoms with van der Waals surface area (Å²) < 4.78 is 69.9. The lowest BCUT2D eigenvalue weighted by Gasteiger charge is -2.36. The Morgan fingerprint density at radius 1 is 1.15 bits per heavy atom. The largest absolute Gasteiger partial charge is 0.511 e. The molecule has 2 saturated heterocycles. The van der Waals surface area contributed by atoms with Gasteiger partial charge < -0.3 is 20.3 Å². The summed E-state index contributed by atoms with van der Waals surface area (Å²) in [6.45, 7) is 4.47. The van der Waals surface area contributed by atoms with Crippen LogP contribution in [0.3, 0.4) is 0 Å². The van der Waals surface area contributed by atoms with Gasteiger partial charge in [0.25, 0.3) is 0 Å². The average molecular weight is 583 g/mol. The molecular weight excluding hydrogens is 545 g/mol. The van der Waals surface area contributed by atoms with Crippen LogP contribution in [0, 0.1) is 23.2 Å². The van der Waals surface area contributed by atoms with Gasteiger partial charge in [0.1, 0.15) is 18.7 Å². The maximum atomic E-state index is 13.7. The Morgan fingerprint density at radius 3 is 2.36 bits per heavy atom. The zero-order valence-electron chi connectivity index (χ0n) is 22.5. The van der Waals surface area contributed by atoms with Crippen molar-refractivity contribution in [2.45, 2.75) is 76.5 Å². The number of hydrogen-bond donors (Lipinski definition) is 3. The lowest BCUT2D eigenvalue weighted by molar-refractivity contribution is -0.143. The molecule has 0 aromatic carbocycles. The number of sulfonamides is 1. The van der Waals surface area contributed by atoms with E-state index in [0.29, 0.717) is 25.8 Å². The van der Waals surface area contributed by atoms with E-state index in [1.54, 1.807) is 0 Å². The third-order valence-corrected chi connectivity index (χ3v) is 8.96. The van der Waals surface area contributed by atoms with Gasteiger partial charge in [0, 0.05) is 26.1 Å². The fraction of sp³-hybridized carbons (Fsp3) is 0.833. The van der Waals surface area contributed by atoms with Crippen LogP contribution in [0.2, 0.25) is 0 Å². The monoisotopic (exact) mass is 582 g/mol. The molecule has 1 aliphatic carbocycles. The van der Waals surface area contributed by atoms with Crippen LogP contribution < -0.4 is 15.4 Å². The SMILES string of the molecule is COCC(=O)[C@H](C[C@@H]1CCNC1=O)NC(=O)[C@@H]1[C@H]2CCC[C@H]2CN1C(=O)[C@@H](NS(=O)(=O)C(F)(F)F)C(C)(C)C. The standard InChI is InChI=1S/C24H37F3N4O7S/c1-23(2,3)19(30-39(36,37)24(25,26)27)22(35)31-11-14-6-5-7-15(14)18(31)21(34)29-16(17(32)12-38-4)10-13-8-9-28-20(13)33/h13-16,18-19,30H,5-12H2,1-4H3,(H,28,33)(H,29,34)/t13-,14-,15-,16-,18-,19+/m0/s1. The number of rotatable bonds is 10. The summed E-state index contributed by atoms with van der Waals surface area (Å²) >= 11 is 0. The van der Waals surface area contributed by atoms with Crippen molar-refractivity contribution >= 4 is 33.5 Å². The smallest absolute Gasteiger partial charge is 0.377 e. The second-order valence-corrected chi connectivity index (χ2v) is 13.3. The van der Waals surface area contributed by atoms with Crippen molar-refractivity contribution in [2.75, 3.05) is 26.8 Å². The number of methoxy groups -OCH3 is 1. The molecule has 0 radical (unpaired) electrons. The van der Waals surface area contributed by atoms with Crippen molar-refractivity contribution in [3.63, 3.8) is 0 Å². The zero-order chi connectivity index (χ0) is 29.3. The van der Waals surface area contributed by atoms with Gasteiger partial charge in [-0.3, -0.25) is 19.2 Å². The Labute approximate surface area is 226 Å². The molecule has 3 fully saturated rings. The van der Waals surface area contributed by atoms with Crippen LogP contribution >= 0.6 is 0 Å². The minimum Gasteiger partial charge on any atom is -0.377 e. The predicted molar refractivity (Wildman–Crippen MR) is 132 cm³/mol. The number of halogens is 3. The number of amides is 3. The number of hydrogen-bond acceptors (Lipinski definition) is 7. The number of Topliss-reactive ketones (excluding diaryl/α,β-unsaturated/α-hetero) is 1. The van der Waals surface area contributed by atoms with Crippen LogP contribution in [0.25, 0.3) is 0 Å². The molecule has 1 saturated carbocycles. The summed E-state index contributed by atoms with van der Waals surface area (Å²) in [5.74, 6) is -3.22. The molecule has 0 aromatic rings. The van der Waals surface area contributed by atoms with Gasteiger partial charge in [-0.15, -0.1) is 0 Å². The summed E-state index contributed by atoms with van der Waals surface area (Å²) in [4.78, 5) is 53.4. The quantitative estimate of drug-likeness (QED) is 0.343. The lowest BCUT2D eigenvalue weighted by Crippen LogP contribution is -2.60. The zero-order valence-corrected chi connectivity index (χ0v) is 23.3. The van der Waals surface area contributed by atoms with E-state index in [9.17, 15) is 40.8 Å². The number of ketones is 1. The first kappa shape index (κ1) is 31.3. The summed E-state index contributed by atoms with van der Waals surface area (Å²) in [5, 5.41) is 5.36. The Morgan fingerprint density at radius 2 is 1.82 bits per heavy atom. The van der Waals surface area contributed by atoms with Crippen molar-refractivity contribution in [3.05, 3.63) is 0 Å². The first-order valence-electron chi connectivity index (χ1n) is 13.0. The molecule has 0 unspecified atom stereocenters. The molecule has 0 spiro atoms. The molecule has 6 atom stereocenters. The Bertz CT molecular complexity index is 1080. The molecule has 0 bridgehead atoms. The highest BCUT2D eigenvalue weighted by molar-refractivity contribution is 7.90. The molecule has 2 heterocycles. The van der Waals surface area contributed by atoms with Gasteiger partial charge >= 0.3 is 15.5 Å². The topological polar surface area (TPSA) is 151 Å². The highest BCUT2D eigenvalue weighted by Crippen LogP contribution is 2.43. The first-order valence-corrected chi connectivity index (χ1v) is 14.4. The van der Waals surface area contributed by atoms with Gasteiger partial charge in [0.15, 0.2) is 5.78 Å². The molecule has 3 aliphatic rings. The Hall–Kier alpha value is -2.26. The third kappa shape index (κ3) is 6.91. The van der Waals surface area contributed by atoms with Crippen molar-refractivity contribution in [1.29, 1.82) is 0 Å². The minimum absolute atomic E-state index is 0.0323. The van der Waals surface area contributed by atoms with E-state index >= 15 is 0 Å². The van der Waals surface area contributed by atoms with Crippen molar-refractivity contribution in [1.82, 2.24) is 20.3 Å².